The first-order valence-corrected chi connectivity index (χ1v) is 7.00. The fourth-order valence-corrected chi connectivity index (χ4v) is 2.05. The van der Waals surface area contributed by atoms with Crippen molar-refractivity contribution >= 4 is 15.9 Å². The molecule has 0 radical (unpaired) electrons. The minimum absolute atomic E-state index is 0.193. The molecule has 7 heteroatoms. The fourth-order valence-electron chi connectivity index (χ4n) is 1.70. The number of hydrogen-bond acceptors (Lipinski definition) is 2. The van der Waals surface area contributed by atoms with Crippen LogP contribution in [0.2, 0.25) is 0 Å². The minimum Gasteiger partial charge on any atom is -0.488 e. The lowest BCUT2D eigenvalue weighted by molar-refractivity contribution is -0.139. The predicted octanol–water partition coefficient (Wildman–Crippen LogP) is 4.71. The van der Waals surface area contributed by atoms with Crippen molar-refractivity contribution in [1.29, 1.82) is 0 Å². The Labute approximate surface area is 126 Å². The molecule has 0 aliphatic heterocycles. The second-order valence-electron chi connectivity index (χ2n) is 4.26. The number of halogens is 5. The Morgan fingerprint density at radius 1 is 1.10 bits per heavy atom. The van der Waals surface area contributed by atoms with Crippen molar-refractivity contribution in [2.75, 3.05) is 0 Å². The van der Waals surface area contributed by atoms with Crippen LogP contribution in [0.4, 0.5) is 17.6 Å². The largest absolute Gasteiger partial charge is 0.488 e. The second kappa shape index (κ2) is 6.43. The van der Waals surface area contributed by atoms with E-state index in [-0.39, 0.29) is 12.4 Å². The van der Waals surface area contributed by atoms with E-state index in [0.29, 0.717) is 16.5 Å². The van der Waals surface area contributed by atoms with Crippen LogP contribution in [-0.2, 0) is 18.1 Å². The molecule has 0 spiro atoms. The van der Waals surface area contributed by atoms with Crippen LogP contribution in [0.1, 0.15) is 16.7 Å². The van der Waals surface area contributed by atoms with E-state index in [1.807, 2.05) is 0 Å². The molecule has 2 nitrogen and oxygen atoms in total. The highest BCUT2D eigenvalue weighted by Crippen LogP contribution is 2.37. The van der Waals surface area contributed by atoms with E-state index in [1.54, 1.807) is 0 Å². The van der Waals surface area contributed by atoms with E-state index in [4.69, 9.17) is 4.74 Å². The van der Waals surface area contributed by atoms with Gasteiger partial charge in [0.1, 0.15) is 18.2 Å². The first-order valence-electron chi connectivity index (χ1n) is 5.88. The summed E-state index contributed by atoms with van der Waals surface area (Å²) in [5.74, 6) is -0.863. The summed E-state index contributed by atoms with van der Waals surface area (Å²) in [4.78, 5) is 3.61. The Kier molecular flexibility index (Phi) is 4.82. The van der Waals surface area contributed by atoms with Crippen LogP contribution < -0.4 is 4.74 Å². The summed E-state index contributed by atoms with van der Waals surface area (Å²) >= 11 is 3.11. The molecule has 0 N–H and O–H groups in total. The van der Waals surface area contributed by atoms with E-state index in [0.717, 1.165) is 18.3 Å². The second-order valence-corrected chi connectivity index (χ2v) is 4.82. The molecule has 0 aliphatic rings. The van der Waals surface area contributed by atoms with E-state index in [1.165, 1.54) is 18.3 Å². The number of aromatic nitrogens is 1. The van der Waals surface area contributed by atoms with Gasteiger partial charge in [-0.05, 0) is 23.8 Å². The summed E-state index contributed by atoms with van der Waals surface area (Å²) < 4.78 is 57.1. The average Bonchev–Trinajstić information content (AvgIpc) is 2.44. The third-order valence-electron chi connectivity index (χ3n) is 2.66. The summed E-state index contributed by atoms with van der Waals surface area (Å²) in [7, 11) is 0. The number of hydrogen-bond donors (Lipinski definition) is 0. The molecule has 2 rings (SSSR count). The van der Waals surface area contributed by atoms with Gasteiger partial charge in [-0.15, -0.1) is 0 Å². The zero-order valence-corrected chi connectivity index (χ0v) is 12.2. The summed E-state index contributed by atoms with van der Waals surface area (Å²) in [6.45, 7) is -0.193. The monoisotopic (exact) mass is 363 g/mol. The number of nitrogens with zero attached hydrogens (tertiary/aromatic N) is 1. The maximum absolute atomic E-state index is 13.0. The van der Waals surface area contributed by atoms with Gasteiger partial charge in [0.05, 0.1) is 11.8 Å². The molecule has 0 aliphatic carbocycles. The van der Waals surface area contributed by atoms with Gasteiger partial charge in [-0.25, -0.2) is 4.39 Å². The molecule has 1 heterocycles. The van der Waals surface area contributed by atoms with Crippen molar-refractivity contribution in [1.82, 2.24) is 4.98 Å². The number of alkyl halides is 4. The van der Waals surface area contributed by atoms with Gasteiger partial charge in [-0.2, -0.15) is 13.2 Å². The van der Waals surface area contributed by atoms with Crippen molar-refractivity contribution in [3.63, 3.8) is 0 Å². The number of benzene rings is 1. The highest BCUT2D eigenvalue weighted by molar-refractivity contribution is 9.08. The molecule has 0 atom stereocenters. The van der Waals surface area contributed by atoms with E-state index in [9.17, 15) is 17.6 Å². The molecule has 0 saturated carbocycles. The lowest BCUT2D eigenvalue weighted by atomic mass is 10.1. The molecule has 0 bridgehead atoms. The Balaban J connectivity index is 2.23. The normalized spacial score (nSPS) is 11.5. The van der Waals surface area contributed by atoms with Crippen LogP contribution in [0.3, 0.4) is 0 Å². The lowest BCUT2D eigenvalue weighted by Gasteiger charge is -2.15. The fraction of sp³-hybridized carbons (Fsp3) is 0.214. The summed E-state index contributed by atoms with van der Waals surface area (Å²) in [5.41, 5.74) is -0.0152. The molecule has 0 amide bonds. The number of rotatable bonds is 4. The van der Waals surface area contributed by atoms with Crippen LogP contribution in [0.15, 0.2) is 36.7 Å². The number of pyridine rings is 1. The van der Waals surface area contributed by atoms with Crippen LogP contribution >= 0.6 is 15.9 Å². The number of ether oxygens (including phenoxy) is 1. The molecule has 0 fully saturated rings. The van der Waals surface area contributed by atoms with Crippen molar-refractivity contribution in [2.45, 2.75) is 18.1 Å². The minimum atomic E-state index is -4.52. The van der Waals surface area contributed by atoms with Gasteiger partial charge in [0.25, 0.3) is 0 Å². The van der Waals surface area contributed by atoms with Gasteiger partial charge in [0.15, 0.2) is 0 Å². The lowest BCUT2D eigenvalue weighted by Crippen LogP contribution is -2.09. The highest BCUT2D eigenvalue weighted by atomic mass is 79.9. The molecule has 1 aromatic heterocycles. The molecule has 0 unspecified atom stereocenters. The average molecular weight is 364 g/mol. The molecule has 0 saturated heterocycles. The standard InChI is InChI=1S/C14H10BrF4NO/c15-5-9-1-2-13(12(4-9)14(17,18)19)21-8-10-3-11(16)7-20-6-10/h1-4,6-7H,5,8H2. The Hall–Kier alpha value is -1.63. The first kappa shape index (κ1) is 15.8. The van der Waals surface area contributed by atoms with Gasteiger partial charge >= 0.3 is 6.18 Å². The Morgan fingerprint density at radius 2 is 1.86 bits per heavy atom. The molecular weight excluding hydrogens is 354 g/mol. The van der Waals surface area contributed by atoms with E-state index in [2.05, 4.69) is 20.9 Å². The van der Waals surface area contributed by atoms with Gasteiger partial charge in [0, 0.05) is 17.1 Å². The van der Waals surface area contributed by atoms with Gasteiger partial charge in [0.2, 0.25) is 0 Å². The topological polar surface area (TPSA) is 22.1 Å². The quantitative estimate of drug-likeness (QED) is 0.579. The third kappa shape index (κ3) is 4.17. The van der Waals surface area contributed by atoms with Crippen LogP contribution in [0.25, 0.3) is 0 Å². The van der Waals surface area contributed by atoms with Gasteiger partial charge < -0.3 is 4.74 Å². The highest BCUT2D eigenvalue weighted by Gasteiger charge is 2.34. The maximum Gasteiger partial charge on any atom is 0.419 e. The van der Waals surface area contributed by atoms with Crippen molar-refractivity contribution in [2.24, 2.45) is 0 Å². The zero-order chi connectivity index (χ0) is 15.5. The van der Waals surface area contributed by atoms with E-state index >= 15 is 0 Å². The van der Waals surface area contributed by atoms with Crippen LogP contribution in [0.5, 0.6) is 5.75 Å². The van der Waals surface area contributed by atoms with Crippen molar-refractivity contribution < 1.29 is 22.3 Å². The van der Waals surface area contributed by atoms with Crippen molar-refractivity contribution in [3.8, 4) is 5.75 Å². The molecule has 1 aromatic carbocycles. The molecule has 112 valence electrons. The summed E-state index contributed by atoms with van der Waals surface area (Å²) in [6.07, 6.45) is -2.17. The van der Waals surface area contributed by atoms with Crippen LogP contribution in [0, 0.1) is 5.82 Å². The van der Waals surface area contributed by atoms with Crippen molar-refractivity contribution in [3.05, 3.63) is 59.2 Å². The summed E-state index contributed by atoms with van der Waals surface area (Å²) in [5, 5.41) is 0.310. The SMILES string of the molecule is Fc1cncc(COc2ccc(CBr)cc2C(F)(F)F)c1. The maximum atomic E-state index is 13.0. The molecule has 21 heavy (non-hydrogen) atoms. The molecule has 2 aromatic rings. The zero-order valence-electron chi connectivity index (χ0n) is 10.6. The molecular formula is C14H10BrF4NO. The van der Waals surface area contributed by atoms with Gasteiger partial charge in [-0.1, -0.05) is 22.0 Å². The van der Waals surface area contributed by atoms with Gasteiger partial charge in [-0.3, -0.25) is 4.98 Å². The first-order chi connectivity index (χ1) is 9.90. The summed E-state index contributed by atoms with van der Waals surface area (Å²) in [6, 6.07) is 4.97. The third-order valence-corrected chi connectivity index (χ3v) is 3.31. The Bertz CT molecular complexity index is 631. The van der Waals surface area contributed by atoms with Crippen LogP contribution in [-0.4, -0.2) is 4.98 Å². The van der Waals surface area contributed by atoms with E-state index < -0.39 is 17.6 Å². The smallest absolute Gasteiger partial charge is 0.419 e. The Morgan fingerprint density at radius 3 is 2.48 bits per heavy atom. The predicted molar refractivity (Wildman–Crippen MR) is 72.6 cm³/mol.